The summed E-state index contributed by atoms with van der Waals surface area (Å²) in [7, 11) is 1.56. The lowest BCUT2D eigenvalue weighted by molar-refractivity contribution is 0.0920. The number of ketones is 1. The van der Waals surface area contributed by atoms with Crippen LogP contribution in [0.3, 0.4) is 0 Å². The Balaban J connectivity index is 1.73. The number of fused-ring (bicyclic) bond motifs is 1. The third-order valence-electron chi connectivity index (χ3n) is 4.80. The van der Waals surface area contributed by atoms with Gasteiger partial charge in [0, 0.05) is 11.1 Å². The van der Waals surface area contributed by atoms with E-state index in [0.717, 1.165) is 5.56 Å². The van der Waals surface area contributed by atoms with Crippen molar-refractivity contribution in [1.82, 2.24) is 0 Å². The van der Waals surface area contributed by atoms with Crippen molar-refractivity contribution >= 4 is 16.8 Å². The zero-order chi connectivity index (χ0) is 21.1. The van der Waals surface area contributed by atoms with E-state index in [1.54, 1.807) is 37.4 Å². The first-order chi connectivity index (χ1) is 14.6. The Labute approximate surface area is 173 Å². The van der Waals surface area contributed by atoms with E-state index < -0.39 is 0 Å². The van der Waals surface area contributed by atoms with Crippen LogP contribution in [0.4, 0.5) is 0 Å². The highest BCUT2D eigenvalue weighted by molar-refractivity contribution is 5.97. The molecule has 0 radical (unpaired) electrons. The van der Waals surface area contributed by atoms with E-state index >= 15 is 0 Å². The fraction of sp³-hybridized carbons (Fsp3) is 0.120. The van der Waals surface area contributed by atoms with E-state index in [1.807, 2.05) is 49.4 Å². The van der Waals surface area contributed by atoms with Crippen LogP contribution in [0.5, 0.6) is 11.5 Å². The maximum atomic E-state index is 13.2. The summed E-state index contributed by atoms with van der Waals surface area (Å²) in [4.78, 5) is 25.7. The predicted octanol–water partition coefficient (Wildman–Crippen LogP) is 5.04. The quantitative estimate of drug-likeness (QED) is 0.424. The first-order valence-electron chi connectivity index (χ1n) is 9.50. The summed E-state index contributed by atoms with van der Waals surface area (Å²) in [6.07, 6.45) is 0. The molecule has 0 aliphatic rings. The summed E-state index contributed by atoms with van der Waals surface area (Å²) in [5, 5.41) is 0.409. The van der Waals surface area contributed by atoms with Crippen LogP contribution in [0.2, 0.25) is 0 Å². The Bertz CT molecular complexity index is 1250. The van der Waals surface area contributed by atoms with Gasteiger partial charge in [-0.2, -0.15) is 0 Å². The zero-order valence-electron chi connectivity index (χ0n) is 16.7. The van der Waals surface area contributed by atoms with Crippen molar-refractivity contribution in [3.63, 3.8) is 0 Å². The summed E-state index contributed by atoms with van der Waals surface area (Å²) in [6, 6.07) is 21.3. The second-order valence-electron chi connectivity index (χ2n) is 6.90. The van der Waals surface area contributed by atoms with Gasteiger partial charge in [-0.25, -0.2) is 0 Å². The monoisotopic (exact) mass is 400 g/mol. The third-order valence-corrected chi connectivity index (χ3v) is 4.80. The summed E-state index contributed by atoms with van der Waals surface area (Å²) in [5.74, 6) is 0.741. The van der Waals surface area contributed by atoms with Gasteiger partial charge in [-0.15, -0.1) is 0 Å². The zero-order valence-corrected chi connectivity index (χ0v) is 16.7. The van der Waals surface area contributed by atoms with Crippen molar-refractivity contribution in [2.75, 3.05) is 13.7 Å². The molecule has 4 rings (SSSR count). The molecule has 0 unspecified atom stereocenters. The molecule has 1 heterocycles. The van der Waals surface area contributed by atoms with E-state index in [1.165, 1.54) is 0 Å². The summed E-state index contributed by atoms with van der Waals surface area (Å²) < 4.78 is 16.9. The molecule has 30 heavy (non-hydrogen) atoms. The molecule has 0 saturated carbocycles. The number of hydrogen-bond donors (Lipinski definition) is 0. The Morgan fingerprint density at radius 1 is 0.967 bits per heavy atom. The van der Waals surface area contributed by atoms with Gasteiger partial charge in [0.15, 0.2) is 18.2 Å². The van der Waals surface area contributed by atoms with Gasteiger partial charge in [0.25, 0.3) is 0 Å². The van der Waals surface area contributed by atoms with Crippen LogP contribution >= 0.6 is 0 Å². The number of rotatable bonds is 6. The molecule has 0 atom stereocenters. The van der Waals surface area contributed by atoms with Crippen molar-refractivity contribution in [1.29, 1.82) is 0 Å². The topological polar surface area (TPSA) is 65.7 Å². The lowest BCUT2D eigenvalue weighted by Crippen LogP contribution is -2.17. The van der Waals surface area contributed by atoms with Gasteiger partial charge < -0.3 is 13.9 Å². The molecular weight excluding hydrogens is 380 g/mol. The van der Waals surface area contributed by atoms with Crippen molar-refractivity contribution in [3.05, 3.63) is 94.1 Å². The van der Waals surface area contributed by atoms with E-state index in [4.69, 9.17) is 13.9 Å². The molecule has 0 N–H and O–H groups in total. The fourth-order valence-corrected chi connectivity index (χ4v) is 3.19. The predicted molar refractivity (Wildman–Crippen MR) is 115 cm³/mol. The Hall–Kier alpha value is -3.86. The molecule has 4 aromatic rings. The molecule has 3 aromatic carbocycles. The minimum atomic E-state index is -0.308. The highest BCUT2D eigenvalue weighted by Crippen LogP contribution is 2.31. The molecule has 5 heteroatoms. The normalized spacial score (nSPS) is 10.7. The van der Waals surface area contributed by atoms with E-state index in [2.05, 4.69) is 0 Å². The van der Waals surface area contributed by atoms with Gasteiger partial charge in [0.05, 0.1) is 12.5 Å². The molecule has 0 amide bonds. The van der Waals surface area contributed by atoms with E-state index in [9.17, 15) is 9.59 Å². The van der Waals surface area contributed by atoms with Crippen LogP contribution in [0, 0.1) is 6.92 Å². The SMILES string of the molecule is COc1ccc(C(=O)COc2c(-c3ccccc3)oc3cc(C)ccc3c2=O)cc1. The second kappa shape index (κ2) is 8.25. The molecule has 0 bridgehead atoms. The average Bonchev–Trinajstić information content (AvgIpc) is 2.78. The Morgan fingerprint density at radius 2 is 1.70 bits per heavy atom. The molecule has 0 aliphatic heterocycles. The van der Waals surface area contributed by atoms with Crippen molar-refractivity contribution < 1.29 is 18.7 Å². The molecular formula is C25H20O5. The first-order valence-corrected chi connectivity index (χ1v) is 9.50. The average molecular weight is 400 g/mol. The number of methoxy groups -OCH3 is 1. The van der Waals surface area contributed by atoms with E-state index in [-0.39, 0.29) is 23.6 Å². The van der Waals surface area contributed by atoms with Crippen LogP contribution in [0.15, 0.2) is 82.0 Å². The smallest absolute Gasteiger partial charge is 0.235 e. The third kappa shape index (κ3) is 3.82. The Kier molecular flexibility index (Phi) is 5.35. The number of ether oxygens (including phenoxy) is 2. The number of carbonyl (C=O) groups excluding carboxylic acids is 1. The summed E-state index contributed by atoms with van der Waals surface area (Å²) in [5.41, 5.74) is 2.32. The van der Waals surface area contributed by atoms with Crippen LogP contribution in [-0.2, 0) is 0 Å². The molecule has 1 aromatic heterocycles. The van der Waals surface area contributed by atoms with Gasteiger partial charge in [-0.3, -0.25) is 9.59 Å². The van der Waals surface area contributed by atoms with Gasteiger partial charge in [0.1, 0.15) is 11.3 Å². The van der Waals surface area contributed by atoms with Crippen molar-refractivity contribution in [2.24, 2.45) is 0 Å². The molecule has 0 saturated heterocycles. The molecule has 150 valence electrons. The van der Waals surface area contributed by atoms with Crippen molar-refractivity contribution in [3.8, 4) is 22.8 Å². The first kappa shape index (κ1) is 19.5. The van der Waals surface area contributed by atoms with Crippen LogP contribution < -0.4 is 14.9 Å². The molecule has 0 fully saturated rings. The summed E-state index contributed by atoms with van der Waals surface area (Å²) in [6.45, 7) is 1.65. The lowest BCUT2D eigenvalue weighted by Gasteiger charge is -2.12. The van der Waals surface area contributed by atoms with Crippen molar-refractivity contribution in [2.45, 2.75) is 6.92 Å². The van der Waals surface area contributed by atoms with Crippen LogP contribution in [0.25, 0.3) is 22.3 Å². The summed E-state index contributed by atoms with van der Waals surface area (Å²) >= 11 is 0. The number of carbonyl (C=O) groups is 1. The Morgan fingerprint density at radius 3 is 2.40 bits per heavy atom. The van der Waals surface area contributed by atoms with Gasteiger partial charge in [0.2, 0.25) is 11.2 Å². The lowest BCUT2D eigenvalue weighted by atomic mass is 10.1. The van der Waals surface area contributed by atoms with Crippen LogP contribution in [0.1, 0.15) is 15.9 Å². The molecule has 0 aliphatic carbocycles. The highest BCUT2D eigenvalue weighted by atomic mass is 16.5. The number of hydrogen-bond acceptors (Lipinski definition) is 5. The highest BCUT2D eigenvalue weighted by Gasteiger charge is 2.19. The molecule has 5 nitrogen and oxygen atoms in total. The number of benzene rings is 3. The van der Waals surface area contributed by atoms with Gasteiger partial charge >= 0.3 is 0 Å². The minimum absolute atomic E-state index is 0.0272. The second-order valence-corrected chi connectivity index (χ2v) is 6.90. The largest absolute Gasteiger partial charge is 0.497 e. The fourth-order valence-electron chi connectivity index (χ4n) is 3.19. The van der Waals surface area contributed by atoms with E-state index in [0.29, 0.717) is 33.6 Å². The number of aryl methyl sites for hydroxylation is 1. The minimum Gasteiger partial charge on any atom is -0.497 e. The maximum Gasteiger partial charge on any atom is 0.235 e. The maximum absolute atomic E-state index is 13.2. The van der Waals surface area contributed by atoms with Gasteiger partial charge in [-0.1, -0.05) is 36.4 Å². The number of Topliss-reactive ketones (excluding diaryl/α,β-unsaturated/α-hetero) is 1. The van der Waals surface area contributed by atoms with Gasteiger partial charge in [-0.05, 0) is 48.9 Å². The molecule has 0 spiro atoms. The van der Waals surface area contributed by atoms with Crippen LogP contribution in [-0.4, -0.2) is 19.5 Å². The standard InChI is InChI=1S/C25H20O5/c1-16-8-13-20-22(14-16)30-24(18-6-4-3-5-7-18)25(23(20)27)29-15-21(26)17-9-11-19(28-2)12-10-17/h3-14H,15H2,1-2H3.